The van der Waals surface area contributed by atoms with E-state index in [1.807, 2.05) is 30.3 Å². The number of carboxylic acid groups (broad SMARTS) is 1. The van der Waals surface area contributed by atoms with E-state index in [2.05, 4.69) is 19.2 Å². The normalized spacial score (nSPS) is 12.5. The van der Waals surface area contributed by atoms with Gasteiger partial charge in [-0.05, 0) is 17.9 Å². The summed E-state index contributed by atoms with van der Waals surface area (Å²) in [7, 11) is 0. The molecule has 3 nitrogen and oxygen atoms in total. The topological polar surface area (TPSA) is 49.3 Å². The second kappa shape index (κ2) is 5.39. The molecule has 0 aliphatic carbocycles. The average Bonchev–Trinajstić information content (AvgIpc) is 2.17. The van der Waals surface area contributed by atoms with Gasteiger partial charge in [0.25, 0.3) is 0 Å². The Labute approximate surface area is 90.1 Å². The summed E-state index contributed by atoms with van der Waals surface area (Å²) in [5.41, 5.74) is 1.02. The summed E-state index contributed by atoms with van der Waals surface area (Å²) in [5.74, 6) is 0.460. The molecule has 1 atom stereocenters. The van der Waals surface area contributed by atoms with E-state index in [0.717, 1.165) is 12.0 Å². The zero-order valence-electron chi connectivity index (χ0n) is 9.10. The maximum absolute atomic E-state index is 10.7. The molecule has 0 aliphatic rings. The smallest absolute Gasteiger partial charge is 0.405 e. The van der Waals surface area contributed by atoms with Crippen molar-refractivity contribution in [3.63, 3.8) is 0 Å². The lowest BCUT2D eigenvalue weighted by Crippen LogP contribution is -2.27. The third-order valence-corrected chi connectivity index (χ3v) is 2.21. The van der Waals surface area contributed by atoms with Gasteiger partial charge in [0, 0.05) is 0 Å². The van der Waals surface area contributed by atoms with Crippen LogP contribution >= 0.6 is 0 Å². The van der Waals surface area contributed by atoms with Crippen molar-refractivity contribution in [2.45, 2.75) is 26.3 Å². The van der Waals surface area contributed by atoms with Crippen LogP contribution in [0.25, 0.3) is 0 Å². The summed E-state index contributed by atoms with van der Waals surface area (Å²) in [6, 6.07) is 9.56. The Hall–Kier alpha value is -1.51. The summed E-state index contributed by atoms with van der Waals surface area (Å²) in [6.07, 6.45) is -0.152. The van der Waals surface area contributed by atoms with Crippen molar-refractivity contribution >= 4 is 6.09 Å². The molecule has 1 rings (SSSR count). The summed E-state index contributed by atoms with van der Waals surface area (Å²) in [4.78, 5) is 10.7. The molecule has 0 aromatic heterocycles. The number of nitrogens with one attached hydrogen (secondary N) is 1. The summed E-state index contributed by atoms with van der Waals surface area (Å²) in [5, 5.41) is 11.3. The molecule has 0 fully saturated rings. The maximum atomic E-state index is 10.7. The van der Waals surface area contributed by atoms with Crippen LogP contribution in [0.1, 0.15) is 31.9 Å². The molecule has 15 heavy (non-hydrogen) atoms. The quantitative estimate of drug-likeness (QED) is 0.797. The van der Waals surface area contributed by atoms with Crippen molar-refractivity contribution in [2.24, 2.45) is 5.92 Å². The molecule has 0 aliphatic heterocycles. The zero-order valence-corrected chi connectivity index (χ0v) is 9.10. The fraction of sp³-hybridized carbons (Fsp3) is 0.417. The molecule has 1 unspecified atom stereocenters. The first kappa shape index (κ1) is 11.6. The van der Waals surface area contributed by atoms with Gasteiger partial charge >= 0.3 is 6.09 Å². The van der Waals surface area contributed by atoms with Gasteiger partial charge in [0.15, 0.2) is 0 Å². The van der Waals surface area contributed by atoms with Gasteiger partial charge in [-0.3, -0.25) is 0 Å². The Morgan fingerprint density at radius 2 is 1.93 bits per heavy atom. The number of rotatable bonds is 4. The molecule has 0 radical (unpaired) electrons. The third-order valence-electron chi connectivity index (χ3n) is 2.21. The lowest BCUT2D eigenvalue weighted by Gasteiger charge is -2.19. The van der Waals surface area contributed by atoms with E-state index < -0.39 is 6.09 Å². The van der Waals surface area contributed by atoms with Crippen molar-refractivity contribution in [3.05, 3.63) is 35.9 Å². The fourth-order valence-electron chi connectivity index (χ4n) is 1.58. The molecule has 2 N–H and O–H groups in total. The molecule has 0 saturated heterocycles. The van der Waals surface area contributed by atoms with Crippen LogP contribution in [-0.4, -0.2) is 11.2 Å². The molecular weight excluding hydrogens is 190 g/mol. The van der Waals surface area contributed by atoms with Crippen molar-refractivity contribution in [1.29, 1.82) is 0 Å². The van der Waals surface area contributed by atoms with Crippen LogP contribution in [0.5, 0.6) is 0 Å². The molecule has 82 valence electrons. The number of benzene rings is 1. The predicted octanol–water partition coefficient (Wildman–Crippen LogP) is 3.04. The molecule has 0 saturated carbocycles. The standard InChI is InChI=1S/C12H17NO2/c1-9(2)8-11(13-12(14)15)10-6-4-3-5-7-10/h3-7,9,11,13H,8H2,1-2H3,(H,14,15). The number of carbonyl (C=O) groups is 1. The Morgan fingerprint density at radius 1 is 1.33 bits per heavy atom. The first-order chi connectivity index (χ1) is 7.09. The van der Waals surface area contributed by atoms with Crippen molar-refractivity contribution < 1.29 is 9.90 Å². The van der Waals surface area contributed by atoms with E-state index in [4.69, 9.17) is 5.11 Å². The van der Waals surface area contributed by atoms with Crippen LogP contribution < -0.4 is 5.32 Å². The second-order valence-electron chi connectivity index (χ2n) is 4.04. The van der Waals surface area contributed by atoms with Gasteiger partial charge in [0.05, 0.1) is 6.04 Å². The highest BCUT2D eigenvalue weighted by atomic mass is 16.4. The van der Waals surface area contributed by atoms with E-state index in [1.54, 1.807) is 0 Å². The maximum Gasteiger partial charge on any atom is 0.405 e. The Balaban J connectivity index is 2.76. The zero-order chi connectivity index (χ0) is 11.3. The van der Waals surface area contributed by atoms with Gasteiger partial charge in [-0.15, -0.1) is 0 Å². The third kappa shape index (κ3) is 4.02. The van der Waals surface area contributed by atoms with E-state index in [-0.39, 0.29) is 6.04 Å². The van der Waals surface area contributed by atoms with Crippen LogP contribution in [0.15, 0.2) is 30.3 Å². The Kier molecular flexibility index (Phi) is 4.16. The highest BCUT2D eigenvalue weighted by Gasteiger charge is 2.14. The van der Waals surface area contributed by atoms with E-state index >= 15 is 0 Å². The monoisotopic (exact) mass is 207 g/mol. The Morgan fingerprint density at radius 3 is 2.40 bits per heavy atom. The number of hydrogen-bond donors (Lipinski definition) is 2. The summed E-state index contributed by atoms with van der Waals surface area (Å²) in [6.45, 7) is 4.17. The fourth-order valence-corrected chi connectivity index (χ4v) is 1.58. The highest BCUT2D eigenvalue weighted by Crippen LogP contribution is 2.20. The molecule has 0 heterocycles. The highest BCUT2D eigenvalue weighted by molar-refractivity contribution is 5.65. The van der Waals surface area contributed by atoms with Crippen LogP contribution in [0, 0.1) is 5.92 Å². The minimum atomic E-state index is -0.968. The van der Waals surface area contributed by atoms with Gasteiger partial charge in [0.2, 0.25) is 0 Å². The van der Waals surface area contributed by atoms with Gasteiger partial charge in [-0.1, -0.05) is 44.2 Å². The van der Waals surface area contributed by atoms with Crippen LogP contribution in [0.2, 0.25) is 0 Å². The number of amides is 1. The van der Waals surface area contributed by atoms with Crippen molar-refractivity contribution in [3.8, 4) is 0 Å². The molecule has 1 aromatic rings. The Bertz CT molecular complexity index is 309. The molecule has 3 heteroatoms. The summed E-state index contributed by atoms with van der Waals surface area (Å²) >= 11 is 0. The van der Waals surface area contributed by atoms with Gasteiger partial charge < -0.3 is 10.4 Å². The average molecular weight is 207 g/mol. The van der Waals surface area contributed by atoms with Crippen molar-refractivity contribution in [1.82, 2.24) is 5.32 Å². The lowest BCUT2D eigenvalue weighted by molar-refractivity contribution is 0.188. The number of hydrogen-bond acceptors (Lipinski definition) is 1. The molecule has 1 aromatic carbocycles. The lowest BCUT2D eigenvalue weighted by atomic mass is 9.97. The van der Waals surface area contributed by atoms with Crippen LogP contribution in [0.4, 0.5) is 4.79 Å². The van der Waals surface area contributed by atoms with Gasteiger partial charge in [-0.2, -0.15) is 0 Å². The SMILES string of the molecule is CC(C)CC(NC(=O)O)c1ccccc1. The van der Waals surface area contributed by atoms with Gasteiger partial charge in [0.1, 0.15) is 0 Å². The van der Waals surface area contributed by atoms with Crippen LogP contribution in [-0.2, 0) is 0 Å². The first-order valence-corrected chi connectivity index (χ1v) is 5.14. The minimum absolute atomic E-state index is 0.108. The van der Waals surface area contributed by atoms with E-state index in [0.29, 0.717) is 5.92 Å². The molecule has 0 spiro atoms. The molecular formula is C12H17NO2. The molecule has 0 bridgehead atoms. The van der Waals surface area contributed by atoms with Crippen molar-refractivity contribution in [2.75, 3.05) is 0 Å². The first-order valence-electron chi connectivity index (χ1n) is 5.14. The van der Waals surface area contributed by atoms with Gasteiger partial charge in [-0.25, -0.2) is 4.79 Å². The largest absolute Gasteiger partial charge is 0.465 e. The second-order valence-corrected chi connectivity index (χ2v) is 4.04. The predicted molar refractivity (Wildman–Crippen MR) is 59.8 cm³/mol. The van der Waals surface area contributed by atoms with E-state index in [1.165, 1.54) is 0 Å². The summed E-state index contributed by atoms with van der Waals surface area (Å²) < 4.78 is 0. The van der Waals surface area contributed by atoms with Crippen LogP contribution in [0.3, 0.4) is 0 Å². The molecule has 1 amide bonds. The van der Waals surface area contributed by atoms with E-state index in [9.17, 15) is 4.79 Å². The minimum Gasteiger partial charge on any atom is -0.465 e.